The molecular formula is C11H13FN2O2. The predicted octanol–water partition coefficient (Wildman–Crippen LogP) is 1.11. The van der Waals surface area contributed by atoms with Crippen molar-refractivity contribution in [2.24, 2.45) is 5.84 Å². The van der Waals surface area contributed by atoms with Gasteiger partial charge in [-0.1, -0.05) is 0 Å². The van der Waals surface area contributed by atoms with Gasteiger partial charge in [-0.3, -0.25) is 0 Å². The van der Waals surface area contributed by atoms with Gasteiger partial charge in [-0.25, -0.2) is 10.2 Å². The summed E-state index contributed by atoms with van der Waals surface area (Å²) >= 11 is 0. The Bertz CT molecular complexity index is 418. The zero-order chi connectivity index (χ0) is 11.2. The minimum absolute atomic E-state index is 0.299. The van der Waals surface area contributed by atoms with Crippen LogP contribution in [0.1, 0.15) is 12.0 Å². The Morgan fingerprint density at radius 2 is 2.06 bits per heavy atom. The third-order valence-corrected chi connectivity index (χ3v) is 3.11. The van der Waals surface area contributed by atoms with Crippen LogP contribution in [-0.2, 0) is 15.3 Å². The molecule has 0 aromatic heterocycles. The SMILES string of the molecule is NN1CCC2(OCCO2)c2cc(F)ccc21. The van der Waals surface area contributed by atoms with E-state index in [-0.39, 0.29) is 5.82 Å². The molecule has 1 fully saturated rings. The van der Waals surface area contributed by atoms with Crippen LogP contribution in [0.2, 0.25) is 0 Å². The van der Waals surface area contributed by atoms with E-state index in [9.17, 15) is 4.39 Å². The smallest absolute Gasteiger partial charge is 0.198 e. The summed E-state index contributed by atoms with van der Waals surface area (Å²) in [6, 6.07) is 4.50. The van der Waals surface area contributed by atoms with Crippen LogP contribution in [0.3, 0.4) is 0 Å². The normalized spacial score (nSPS) is 22.5. The van der Waals surface area contributed by atoms with Crippen LogP contribution < -0.4 is 10.9 Å². The molecule has 1 spiro atoms. The van der Waals surface area contributed by atoms with Crippen molar-refractivity contribution in [3.8, 4) is 0 Å². The van der Waals surface area contributed by atoms with Crippen molar-refractivity contribution in [2.75, 3.05) is 24.8 Å². The molecule has 2 heterocycles. The molecule has 2 aliphatic heterocycles. The zero-order valence-electron chi connectivity index (χ0n) is 8.78. The summed E-state index contributed by atoms with van der Waals surface area (Å²) < 4.78 is 24.6. The van der Waals surface area contributed by atoms with Gasteiger partial charge in [-0.05, 0) is 18.2 Å². The lowest BCUT2D eigenvalue weighted by Crippen LogP contribution is -2.44. The van der Waals surface area contributed by atoms with Crippen LogP contribution in [0.15, 0.2) is 18.2 Å². The van der Waals surface area contributed by atoms with Crippen molar-refractivity contribution in [1.29, 1.82) is 0 Å². The fraction of sp³-hybridized carbons (Fsp3) is 0.455. The van der Waals surface area contributed by atoms with Gasteiger partial charge in [-0.2, -0.15) is 0 Å². The lowest BCUT2D eigenvalue weighted by molar-refractivity contribution is -0.171. The molecular weight excluding hydrogens is 211 g/mol. The Labute approximate surface area is 92.7 Å². The van der Waals surface area contributed by atoms with E-state index in [1.165, 1.54) is 12.1 Å². The van der Waals surface area contributed by atoms with E-state index in [1.807, 2.05) is 0 Å². The maximum absolute atomic E-state index is 13.3. The number of nitrogens with two attached hydrogens (primary N) is 1. The lowest BCUT2D eigenvalue weighted by Gasteiger charge is -2.38. The van der Waals surface area contributed by atoms with Crippen molar-refractivity contribution in [1.82, 2.24) is 0 Å². The third-order valence-electron chi connectivity index (χ3n) is 3.11. The van der Waals surface area contributed by atoms with E-state index in [0.717, 1.165) is 5.69 Å². The number of anilines is 1. The number of hydrogen-bond donors (Lipinski definition) is 1. The molecule has 0 unspecified atom stereocenters. The first kappa shape index (κ1) is 10.0. The van der Waals surface area contributed by atoms with Crippen LogP contribution in [0.5, 0.6) is 0 Å². The summed E-state index contributed by atoms with van der Waals surface area (Å²) in [5.74, 6) is 4.76. The number of rotatable bonds is 0. The summed E-state index contributed by atoms with van der Waals surface area (Å²) in [6.45, 7) is 1.72. The Hall–Kier alpha value is -1.17. The predicted molar refractivity (Wildman–Crippen MR) is 56.1 cm³/mol. The van der Waals surface area contributed by atoms with Gasteiger partial charge in [0.2, 0.25) is 0 Å². The largest absolute Gasteiger partial charge is 0.343 e. The quantitative estimate of drug-likeness (QED) is 0.671. The highest BCUT2D eigenvalue weighted by atomic mass is 19.1. The van der Waals surface area contributed by atoms with E-state index in [1.54, 1.807) is 11.1 Å². The number of halogens is 1. The van der Waals surface area contributed by atoms with Gasteiger partial charge in [0, 0.05) is 18.5 Å². The Morgan fingerprint density at radius 3 is 2.81 bits per heavy atom. The Kier molecular flexibility index (Phi) is 2.14. The van der Waals surface area contributed by atoms with Gasteiger partial charge in [-0.15, -0.1) is 0 Å². The molecule has 0 radical (unpaired) electrons. The molecule has 3 rings (SSSR count). The average Bonchev–Trinajstić information content (AvgIpc) is 2.74. The molecule has 4 nitrogen and oxygen atoms in total. The molecule has 1 aromatic carbocycles. The second-order valence-corrected chi connectivity index (χ2v) is 4.05. The summed E-state index contributed by atoms with van der Waals surface area (Å²) in [6.07, 6.45) is 0.625. The van der Waals surface area contributed by atoms with Crippen molar-refractivity contribution in [3.63, 3.8) is 0 Å². The molecule has 0 saturated carbocycles. The van der Waals surface area contributed by atoms with Crippen LogP contribution in [0, 0.1) is 5.82 Å². The Balaban J connectivity index is 2.14. The van der Waals surface area contributed by atoms with E-state index in [0.29, 0.717) is 31.7 Å². The number of benzene rings is 1. The highest BCUT2D eigenvalue weighted by Crippen LogP contribution is 2.43. The van der Waals surface area contributed by atoms with Gasteiger partial charge < -0.3 is 14.5 Å². The van der Waals surface area contributed by atoms with E-state index in [2.05, 4.69) is 0 Å². The standard InChI is InChI=1S/C11H13FN2O2/c12-8-1-2-10-9(7-8)11(3-4-14(10)13)15-5-6-16-11/h1-2,7H,3-6,13H2. The fourth-order valence-electron chi connectivity index (χ4n) is 2.34. The second-order valence-electron chi connectivity index (χ2n) is 4.05. The van der Waals surface area contributed by atoms with Crippen LogP contribution in [-0.4, -0.2) is 19.8 Å². The topological polar surface area (TPSA) is 47.7 Å². The number of nitrogens with zero attached hydrogens (tertiary/aromatic N) is 1. The average molecular weight is 224 g/mol. The molecule has 5 heteroatoms. The molecule has 0 amide bonds. The van der Waals surface area contributed by atoms with Crippen molar-refractivity contribution in [2.45, 2.75) is 12.2 Å². The molecule has 0 aliphatic carbocycles. The fourth-order valence-corrected chi connectivity index (χ4v) is 2.34. The van der Waals surface area contributed by atoms with Gasteiger partial charge in [0.25, 0.3) is 0 Å². The van der Waals surface area contributed by atoms with Gasteiger partial charge in [0.05, 0.1) is 18.9 Å². The molecule has 16 heavy (non-hydrogen) atoms. The summed E-state index contributed by atoms with van der Waals surface area (Å²) in [5.41, 5.74) is 1.47. The highest BCUT2D eigenvalue weighted by Gasteiger charge is 2.44. The first-order chi connectivity index (χ1) is 7.71. The molecule has 1 saturated heterocycles. The summed E-state index contributed by atoms with van der Waals surface area (Å²) in [7, 11) is 0. The maximum Gasteiger partial charge on any atom is 0.198 e. The highest BCUT2D eigenvalue weighted by molar-refractivity contribution is 5.56. The van der Waals surface area contributed by atoms with Crippen LogP contribution in [0.25, 0.3) is 0 Å². The van der Waals surface area contributed by atoms with Crippen molar-refractivity contribution >= 4 is 5.69 Å². The molecule has 0 bridgehead atoms. The first-order valence-electron chi connectivity index (χ1n) is 5.31. The molecule has 0 atom stereocenters. The molecule has 2 aliphatic rings. The maximum atomic E-state index is 13.3. The van der Waals surface area contributed by atoms with Crippen LogP contribution in [0.4, 0.5) is 10.1 Å². The summed E-state index contributed by atoms with van der Waals surface area (Å²) in [5, 5.41) is 1.60. The first-order valence-corrected chi connectivity index (χ1v) is 5.31. The minimum Gasteiger partial charge on any atom is -0.343 e. The summed E-state index contributed by atoms with van der Waals surface area (Å²) in [4.78, 5) is 0. The number of fused-ring (bicyclic) bond motifs is 2. The van der Waals surface area contributed by atoms with Gasteiger partial charge in [0.1, 0.15) is 5.82 Å². The van der Waals surface area contributed by atoms with Crippen molar-refractivity contribution < 1.29 is 13.9 Å². The van der Waals surface area contributed by atoms with E-state index >= 15 is 0 Å². The van der Waals surface area contributed by atoms with E-state index < -0.39 is 5.79 Å². The minimum atomic E-state index is -0.784. The monoisotopic (exact) mass is 224 g/mol. The van der Waals surface area contributed by atoms with Crippen LogP contribution >= 0.6 is 0 Å². The second kappa shape index (κ2) is 3.41. The molecule has 2 N–H and O–H groups in total. The number of hydrazine groups is 1. The number of ether oxygens (including phenoxy) is 2. The van der Waals surface area contributed by atoms with Gasteiger partial charge in [0.15, 0.2) is 5.79 Å². The Morgan fingerprint density at radius 1 is 1.31 bits per heavy atom. The number of hydrogen-bond acceptors (Lipinski definition) is 4. The van der Waals surface area contributed by atoms with Gasteiger partial charge >= 0.3 is 0 Å². The van der Waals surface area contributed by atoms with Crippen molar-refractivity contribution in [3.05, 3.63) is 29.6 Å². The third kappa shape index (κ3) is 1.32. The molecule has 1 aromatic rings. The molecule has 86 valence electrons. The lowest BCUT2D eigenvalue weighted by atomic mass is 9.96. The zero-order valence-corrected chi connectivity index (χ0v) is 8.78. The van der Waals surface area contributed by atoms with E-state index in [4.69, 9.17) is 15.3 Å².